The normalized spacial score (nSPS) is 14.2. The van der Waals surface area contributed by atoms with Gasteiger partial charge in [0, 0.05) is 6.42 Å². The fourth-order valence-electron chi connectivity index (χ4n) is 2.25. The van der Waals surface area contributed by atoms with Crippen molar-refractivity contribution in [3.63, 3.8) is 0 Å². The number of hydrogen-bond donors (Lipinski definition) is 1. The van der Waals surface area contributed by atoms with Crippen LogP contribution in [0.25, 0.3) is 0 Å². The van der Waals surface area contributed by atoms with Crippen molar-refractivity contribution in [3.05, 3.63) is 35.9 Å². The van der Waals surface area contributed by atoms with Crippen molar-refractivity contribution in [2.45, 2.75) is 45.4 Å². The van der Waals surface area contributed by atoms with Crippen LogP contribution in [0.3, 0.4) is 0 Å². The molecule has 0 aliphatic rings. The third-order valence-corrected chi connectivity index (χ3v) is 3.40. The van der Waals surface area contributed by atoms with Gasteiger partial charge in [-0.05, 0) is 23.8 Å². The van der Waals surface area contributed by atoms with Crippen LogP contribution in [0.1, 0.15) is 51.0 Å². The van der Waals surface area contributed by atoms with Gasteiger partial charge in [-0.1, -0.05) is 57.0 Å². The molecular weight excluding hydrogens is 212 g/mol. The van der Waals surface area contributed by atoms with E-state index in [2.05, 4.69) is 26.0 Å². The van der Waals surface area contributed by atoms with Crippen LogP contribution in [0.5, 0.6) is 0 Å². The summed E-state index contributed by atoms with van der Waals surface area (Å²) in [5, 5.41) is 8.98. The second-order valence-corrected chi connectivity index (χ2v) is 4.70. The molecule has 2 unspecified atom stereocenters. The summed E-state index contributed by atoms with van der Waals surface area (Å²) >= 11 is 0. The molecule has 2 heteroatoms. The number of carbonyl (C=O) groups is 1. The predicted molar refractivity (Wildman–Crippen MR) is 70.1 cm³/mol. The van der Waals surface area contributed by atoms with E-state index in [1.165, 1.54) is 5.56 Å². The van der Waals surface area contributed by atoms with E-state index in [4.69, 9.17) is 5.11 Å². The molecule has 94 valence electrons. The van der Waals surface area contributed by atoms with Crippen LogP contribution < -0.4 is 0 Å². The monoisotopic (exact) mass is 234 g/mol. The molecule has 17 heavy (non-hydrogen) atoms. The fourth-order valence-corrected chi connectivity index (χ4v) is 2.25. The van der Waals surface area contributed by atoms with Gasteiger partial charge in [0.25, 0.3) is 0 Å². The molecule has 0 fully saturated rings. The third-order valence-electron chi connectivity index (χ3n) is 3.40. The van der Waals surface area contributed by atoms with Crippen LogP contribution in [0, 0.1) is 5.92 Å². The number of hydrogen-bond acceptors (Lipinski definition) is 1. The van der Waals surface area contributed by atoms with E-state index in [1.54, 1.807) is 0 Å². The molecule has 0 spiro atoms. The Morgan fingerprint density at radius 2 is 1.94 bits per heavy atom. The number of unbranched alkanes of at least 4 members (excludes halogenated alkanes) is 1. The van der Waals surface area contributed by atoms with Crippen LogP contribution in [0.2, 0.25) is 0 Å². The van der Waals surface area contributed by atoms with Crippen molar-refractivity contribution in [3.8, 4) is 0 Å². The van der Waals surface area contributed by atoms with Gasteiger partial charge in [-0.15, -0.1) is 0 Å². The van der Waals surface area contributed by atoms with E-state index in [-0.39, 0.29) is 12.3 Å². The summed E-state index contributed by atoms with van der Waals surface area (Å²) in [6.07, 6.45) is 3.50. The molecule has 0 saturated carbocycles. The molecule has 1 N–H and O–H groups in total. The van der Waals surface area contributed by atoms with E-state index < -0.39 is 5.97 Å². The molecule has 0 bridgehead atoms. The maximum absolute atomic E-state index is 10.9. The highest BCUT2D eigenvalue weighted by atomic mass is 16.4. The molecule has 0 aliphatic heterocycles. The molecule has 1 aromatic rings. The van der Waals surface area contributed by atoms with E-state index in [1.807, 2.05) is 18.2 Å². The van der Waals surface area contributed by atoms with E-state index in [0.29, 0.717) is 5.92 Å². The van der Waals surface area contributed by atoms with Crippen molar-refractivity contribution < 1.29 is 9.90 Å². The first-order valence-corrected chi connectivity index (χ1v) is 6.41. The highest BCUT2D eigenvalue weighted by Crippen LogP contribution is 2.30. The Kier molecular flexibility index (Phi) is 5.75. The highest BCUT2D eigenvalue weighted by Gasteiger charge is 2.21. The quantitative estimate of drug-likeness (QED) is 0.772. The first-order valence-electron chi connectivity index (χ1n) is 6.41. The number of carboxylic acid groups (broad SMARTS) is 1. The Morgan fingerprint density at radius 3 is 2.47 bits per heavy atom. The van der Waals surface area contributed by atoms with Crippen LogP contribution in [0.15, 0.2) is 30.3 Å². The lowest BCUT2D eigenvalue weighted by molar-refractivity contribution is -0.138. The van der Waals surface area contributed by atoms with Gasteiger partial charge in [0.2, 0.25) is 0 Å². The molecule has 2 nitrogen and oxygen atoms in total. The molecule has 2 atom stereocenters. The molecule has 0 aliphatic carbocycles. The molecule has 1 rings (SSSR count). The second-order valence-electron chi connectivity index (χ2n) is 4.70. The SMILES string of the molecule is CCCCC(CC(=O)O)C(C)c1ccccc1. The molecular formula is C15H22O2. The predicted octanol–water partition coefficient (Wildman–Crippen LogP) is 4.07. The van der Waals surface area contributed by atoms with Crippen LogP contribution >= 0.6 is 0 Å². The molecule has 1 aromatic carbocycles. The first-order chi connectivity index (χ1) is 8.15. The maximum atomic E-state index is 10.9. The number of benzene rings is 1. The average Bonchev–Trinajstić information content (AvgIpc) is 2.34. The summed E-state index contributed by atoms with van der Waals surface area (Å²) in [6.45, 7) is 4.28. The second kappa shape index (κ2) is 7.10. The van der Waals surface area contributed by atoms with Gasteiger partial charge >= 0.3 is 5.97 Å². The third kappa shape index (κ3) is 4.59. The van der Waals surface area contributed by atoms with Gasteiger partial charge < -0.3 is 5.11 Å². The summed E-state index contributed by atoms with van der Waals surface area (Å²) in [5.74, 6) is -0.123. The highest BCUT2D eigenvalue weighted by molar-refractivity contribution is 5.67. The van der Waals surface area contributed by atoms with Gasteiger partial charge in [0.15, 0.2) is 0 Å². The van der Waals surface area contributed by atoms with Crippen LogP contribution in [-0.4, -0.2) is 11.1 Å². The van der Waals surface area contributed by atoms with Gasteiger partial charge in [-0.2, -0.15) is 0 Å². The standard InChI is InChI=1S/C15H22O2/c1-3-4-8-14(11-15(16)17)12(2)13-9-6-5-7-10-13/h5-7,9-10,12,14H,3-4,8,11H2,1-2H3,(H,16,17). The first kappa shape index (κ1) is 13.8. The molecule has 0 aromatic heterocycles. The molecule has 0 heterocycles. The van der Waals surface area contributed by atoms with E-state index >= 15 is 0 Å². The number of carboxylic acids is 1. The minimum Gasteiger partial charge on any atom is -0.481 e. The van der Waals surface area contributed by atoms with Crippen molar-refractivity contribution in [2.24, 2.45) is 5.92 Å². The Morgan fingerprint density at radius 1 is 1.29 bits per heavy atom. The van der Waals surface area contributed by atoms with Gasteiger partial charge in [0.05, 0.1) is 0 Å². The summed E-state index contributed by atoms with van der Waals surface area (Å²) < 4.78 is 0. The van der Waals surface area contributed by atoms with Gasteiger partial charge in [0.1, 0.15) is 0 Å². The average molecular weight is 234 g/mol. The molecule has 0 radical (unpaired) electrons. The Labute approximate surface area is 104 Å². The zero-order valence-corrected chi connectivity index (χ0v) is 10.7. The van der Waals surface area contributed by atoms with Crippen molar-refractivity contribution in [2.75, 3.05) is 0 Å². The van der Waals surface area contributed by atoms with Crippen molar-refractivity contribution in [1.82, 2.24) is 0 Å². The zero-order valence-electron chi connectivity index (χ0n) is 10.7. The van der Waals surface area contributed by atoms with E-state index in [9.17, 15) is 4.79 Å². The van der Waals surface area contributed by atoms with Crippen molar-refractivity contribution >= 4 is 5.97 Å². The van der Waals surface area contributed by atoms with E-state index in [0.717, 1.165) is 19.3 Å². The largest absolute Gasteiger partial charge is 0.481 e. The Balaban J connectivity index is 2.71. The minimum absolute atomic E-state index is 0.245. The van der Waals surface area contributed by atoms with Gasteiger partial charge in [-0.25, -0.2) is 0 Å². The number of aliphatic carboxylic acids is 1. The topological polar surface area (TPSA) is 37.3 Å². The smallest absolute Gasteiger partial charge is 0.303 e. The van der Waals surface area contributed by atoms with Crippen LogP contribution in [0.4, 0.5) is 0 Å². The lowest BCUT2D eigenvalue weighted by atomic mass is 9.82. The lowest BCUT2D eigenvalue weighted by Gasteiger charge is -2.22. The Hall–Kier alpha value is -1.31. The summed E-state index contributed by atoms with van der Waals surface area (Å²) in [5.41, 5.74) is 1.25. The maximum Gasteiger partial charge on any atom is 0.303 e. The lowest BCUT2D eigenvalue weighted by Crippen LogP contribution is -2.15. The summed E-state index contributed by atoms with van der Waals surface area (Å²) in [6, 6.07) is 10.2. The molecule has 0 amide bonds. The Bertz CT molecular complexity index is 332. The minimum atomic E-state index is -0.686. The summed E-state index contributed by atoms with van der Waals surface area (Å²) in [7, 11) is 0. The van der Waals surface area contributed by atoms with Crippen molar-refractivity contribution in [1.29, 1.82) is 0 Å². The van der Waals surface area contributed by atoms with Gasteiger partial charge in [-0.3, -0.25) is 4.79 Å². The molecule has 0 saturated heterocycles. The van der Waals surface area contributed by atoms with Crippen LogP contribution in [-0.2, 0) is 4.79 Å². The summed E-state index contributed by atoms with van der Waals surface area (Å²) in [4.78, 5) is 10.9. The zero-order chi connectivity index (χ0) is 12.7. The number of rotatable bonds is 7. The fraction of sp³-hybridized carbons (Fsp3) is 0.533.